The van der Waals surface area contributed by atoms with E-state index in [1.807, 2.05) is 42.5 Å². The number of ether oxygens (including phenoxy) is 2. The second kappa shape index (κ2) is 26.6. The highest BCUT2D eigenvalue weighted by atomic mass is 16.5. The molecule has 0 aromatic heterocycles. The molecule has 80 heavy (non-hydrogen) atoms. The predicted octanol–water partition coefficient (Wildman–Crippen LogP) is 20.6. The third-order valence-electron chi connectivity index (χ3n) is 13.6. The highest BCUT2D eigenvalue weighted by Gasteiger charge is 2.25. The van der Waals surface area contributed by atoms with Gasteiger partial charge in [-0.25, -0.2) is 0 Å². The van der Waals surface area contributed by atoms with Crippen LogP contribution in [-0.2, 0) is 0 Å². The zero-order chi connectivity index (χ0) is 54.7. The normalized spacial score (nSPS) is 11.6. The van der Waals surface area contributed by atoms with Crippen LogP contribution < -0.4 is 24.2 Å². The zero-order valence-electron chi connectivity index (χ0n) is 45.3. The Bertz CT molecular complexity index is 3610. The molecular weight excluding hydrogens is 975 g/mol. The largest absolute Gasteiger partial charge is 0.495 e. The third kappa shape index (κ3) is 13.4. The fourth-order valence-corrected chi connectivity index (χ4v) is 9.59. The standard InChI is InChI=1S/C75H63N3O2/c1-58-25-13-20-38-71(58)76(65-49-43-62(44-50-65)35-17-14-32-59-26-7-4-8-27-59)68-55-69(77(72-39-21-23-41-74(72)79-2)66-51-45-63(46-52-66)36-18-15-33-60-28-9-5-10-29-60)57-70(56-68)78(73-40-22-24-42-75(73)80-3)67-53-47-64(48-54-67)37-19-16-34-61-30-11-6-12-31-61/h4-57H,1-3H3/b32-14+,33-15+,34-16+,35-17+,36-18+,37-19+. The van der Waals surface area contributed by atoms with Gasteiger partial charge in [-0.2, -0.15) is 0 Å². The lowest BCUT2D eigenvalue weighted by Crippen LogP contribution is -2.17. The van der Waals surface area contributed by atoms with Crippen LogP contribution in [0.25, 0.3) is 36.5 Å². The lowest BCUT2D eigenvalue weighted by Gasteiger charge is -2.34. The summed E-state index contributed by atoms with van der Waals surface area (Å²) in [4.78, 5) is 6.94. The number of benzene rings is 10. The summed E-state index contributed by atoms with van der Waals surface area (Å²) in [5.41, 5.74) is 16.3. The summed E-state index contributed by atoms with van der Waals surface area (Å²) in [6, 6.07) is 89.0. The van der Waals surface area contributed by atoms with Crippen LogP contribution in [0.2, 0.25) is 0 Å². The first-order valence-electron chi connectivity index (χ1n) is 26.9. The fraction of sp³-hybridized carbons (Fsp3) is 0.0400. The molecule has 0 heterocycles. The van der Waals surface area contributed by atoms with E-state index in [0.29, 0.717) is 0 Å². The second-order valence-electron chi connectivity index (χ2n) is 19.0. The van der Waals surface area contributed by atoms with Crippen LogP contribution in [0.3, 0.4) is 0 Å². The van der Waals surface area contributed by atoms with Gasteiger partial charge in [0.05, 0.1) is 42.7 Å². The van der Waals surface area contributed by atoms with Crippen LogP contribution >= 0.6 is 0 Å². The Morgan fingerprint density at radius 1 is 0.250 bits per heavy atom. The molecule has 0 N–H and O–H groups in total. The van der Waals surface area contributed by atoms with Crippen molar-refractivity contribution in [2.45, 2.75) is 6.92 Å². The van der Waals surface area contributed by atoms with Crippen molar-refractivity contribution in [1.82, 2.24) is 0 Å². The molecule has 5 nitrogen and oxygen atoms in total. The van der Waals surface area contributed by atoms with Gasteiger partial charge < -0.3 is 24.2 Å². The molecular formula is C75H63N3O2. The molecule has 390 valence electrons. The molecule has 0 amide bonds. The van der Waals surface area contributed by atoms with Crippen LogP contribution in [-0.4, -0.2) is 14.2 Å². The number of nitrogens with zero attached hydrogens (tertiary/aromatic N) is 3. The molecule has 10 rings (SSSR count). The molecule has 0 unspecified atom stereocenters. The Balaban J connectivity index is 1.14. The summed E-state index contributed by atoms with van der Waals surface area (Å²) in [5.74, 6) is 1.47. The van der Waals surface area contributed by atoms with E-state index in [0.717, 1.165) is 102 Å². The van der Waals surface area contributed by atoms with E-state index in [9.17, 15) is 0 Å². The van der Waals surface area contributed by atoms with Crippen molar-refractivity contribution in [3.05, 3.63) is 330 Å². The quantitative estimate of drug-likeness (QED) is 0.0710. The molecule has 0 aliphatic heterocycles. The fourth-order valence-electron chi connectivity index (χ4n) is 9.59. The molecule has 5 heteroatoms. The number of allylic oxidation sites excluding steroid dienone is 6. The van der Waals surface area contributed by atoms with Crippen molar-refractivity contribution in [3.63, 3.8) is 0 Å². The average Bonchev–Trinajstić information content (AvgIpc) is 3.70. The zero-order valence-corrected chi connectivity index (χ0v) is 45.3. The maximum atomic E-state index is 6.19. The van der Waals surface area contributed by atoms with Crippen LogP contribution in [0.4, 0.5) is 51.2 Å². The van der Waals surface area contributed by atoms with E-state index in [-0.39, 0.29) is 0 Å². The molecule has 10 aromatic rings. The van der Waals surface area contributed by atoms with Gasteiger partial charge in [0.1, 0.15) is 11.5 Å². The van der Waals surface area contributed by atoms with Crippen LogP contribution in [0.1, 0.15) is 38.9 Å². The molecule has 0 fully saturated rings. The lowest BCUT2D eigenvalue weighted by atomic mass is 10.1. The first kappa shape index (κ1) is 53.1. The summed E-state index contributed by atoms with van der Waals surface area (Å²) < 4.78 is 12.4. The van der Waals surface area contributed by atoms with Gasteiger partial charge in [0, 0.05) is 22.7 Å². The smallest absolute Gasteiger partial charge is 0.142 e. The maximum absolute atomic E-state index is 6.19. The number of hydrogen-bond donors (Lipinski definition) is 0. The summed E-state index contributed by atoms with van der Waals surface area (Å²) in [7, 11) is 3.46. The Kier molecular flexibility index (Phi) is 17.6. The first-order valence-corrected chi connectivity index (χ1v) is 26.9. The highest BCUT2D eigenvalue weighted by Crippen LogP contribution is 2.49. The van der Waals surface area contributed by atoms with Gasteiger partial charge in [-0.3, -0.25) is 0 Å². The molecule has 0 radical (unpaired) electrons. The van der Waals surface area contributed by atoms with Crippen molar-refractivity contribution >= 4 is 87.6 Å². The SMILES string of the molecule is COc1ccccc1N(c1ccc(/C=C/C=C/c2ccccc2)cc1)c1cc(N(c2ccc(/C=C/C=C/c3ccccc3)cc2)c2ccccc2C)cc(N(c2ccc(/C=C/C=C/c3ccccc3)cc2)c2ccccc2OC)c1. The van der Waals surface area contributed by atoms with Gasteiger partial charge in [-0.05, 0) is 131 Å². The Morgan fingerprint density at radius 2 is 0.500 bits per heavy atom. The number of methoxy groups -OCH3 is 2. The predicted molar refractivity (Wildman–Crippen MR) is 342 cm³/mol. The number of hydrogen-bond acceptors (Lipinski definition) is 5. The minimum absolute atomic E-state index is 0.733. The van der Waals surface area contributed by atoms with E-state index in [2.05, 4.69) is 307 Å². The van der Waals surface area contributed by atoms with Gasteiger partial charge in [0.2, 0.25) is 0 Å². The van der Waals surface area contributed by atoms with Gasteiger partial charge >= 0.3 is 0 Å². The van der Waals surface area contributed by atoms with Crippen LogP contribution in [0, 0.1) is 6.92 Å². The Morgan fingerprint density at radius 3 is 0.800 bits per heavy atom. The third-order valence-corrected chi connectivity index (χ3v) is 13.6. The first-order chi connectivity index (χ1) is 39.5. The summed E-state index contributed by atoms with van der Waals surface area (Å²) in [6.45, 7) is 2.17. The molecule has 0 aliphatic carbocycles. The summed E-state index contributed by atoms with van der Waals surface area (Å²) in [5, 5.41) is 0. The molecule has 0 aliphatic rings. The van der Waals surface area contributed by atoms with E-state index in [1.165, 1.54) is 0 Å². The van der Waals surface area contributed by atoms with Gasteiger partial charge in [0.15, 0.2) is 0 Å². The molecule has 0 atom stereocenters. The van der Waals surface area contributed by atoms with Crippen molar-refractivity contribution in [3.8, 4) is 11.5 Å². The Hall–Kier alpha value is -10.4. The van der Waals surface area contributed by atoms with E-state index in [4.69, 9.17) is 9.47 Å². The van der Waals surface area contributed by atoms with Crippen molar-refractivity contribution in [2.24, 2.45) is 0 Å². The van der Waals surface area contributed by atoms with Crippen molar-refractivity contribution in [2.75, 3.05) is 28.9 Å². The minimum atomic E-state index is 0.733. The van der Waals surface area contributed by atoms with Crippen molar-refractivity contribution in [1.29, 1.82) is 0 Å². The lowest BCUT2D eigenvalue weighted by molar-refractivity contribution is 0.416. The Labute approximate surface area is 472 Å². The average molecular weight is 1040 g/mol. The molecule has 0 saturated carbocycles. The number of anilines is 9. The monoisotopic (exact) mass is 1040 g/mol. The van der Waals surface area contributed by atoms with Crippen molar-refractivity contribution < 1.29 is 9.47 Å². The molecule has 10 aromatic carbocycles. The van der Waals surface area contributed by atoms with Gasteiger partial charge in [-0.1, -0.05) is 243 Å². The topological polar surface area (TPSA) is 28.2 Å². The minimum Gasteiger partial charge on any atom is -0.495 e. The highest BCUT2D eigenvalue weighted by molar-refractivity contribution is 5.91. The molecule has 0 bridgehead atoms. The number of rotatable bonds is 20. The van der Waals surface area contributed by atoms with E-state index >= 15 is 0 Å². The van der Waals surface area contributed by atoms with Gasteiger partial charge in [0.25, 0.3) is 0 Å². The molecule has 0 spiro atoms. The second-order valence-corrected chi connectivity index (χ2v) is 19.0. The summed E-state index contributed by atoms with van der Waals surface area (Å²) in [6.07, 6.45) is 25.2. The van der Waals surface area contributed by atoms with E-state index < -0.39 is 0 Å². The number of aryl methyl sites for hydroxylation is 1. The number of para-hydroxylation sites is 5. The van der Waals surface area contributed by atoms with E-state index in [1.54, 1.807) is 14.2 Å². The molecule has 0 saturated heterocycles. The van der Waals surface area contributed by atoms with Gasteiger partial charge in [-0.15, -0.1) is 0 Å². The summed E-state index contributed by atoms with van der Waals surface area (Å²) >= 11 is 0. The maximum Gasteiger partial charge on any atom is 0.142 e. The van der Waals surface area contributed by atoms with Crippen LogP contribution in [0.15, 0.2) is 291 Å². The van der Waals surface area contributed by atoms with Crippen LogP contribution in [0.5, 0.6) is 11.5 Å².